The van der Waals surface area contributed by atoms with Crippen molar-refractivity contribution in [2.24, 2.45) is 5.92 Å². The van der Waals surface area contributed by atoms with Crippen LogP contribution in [0.15, 0.2) is 42.5 Å². The molecule has 0 fully saturated rings. The molecule has 3 aromatic rings. The Morgan fingerprint density at radius 3 is 2.36 bits per heavy atom. The van der Waals surface area contributed by atoms with Crippen LogP contribution >= 0.6 is 22.9 Å². The van der Waals surface area contributed by atoms with Crippen molar-refractivity contribution in [2.45, 2.75) is 13.0 Å². The molecule has 0 saturated carbocycles. The van der Waals surface area contributed by atoms with Gasteiger partial charge in [-0.05, 0) is 30.2 Å². The first-order valence-corrected chi connectivity index (χ1v) is 9.68. The molecule has 3 rings (SSSR count). The van der Waals surface area contributed by atoms with E-state index in [4.69, 9.17) is 21.1 Å². The summed E-state index contributed by atoms with van der Waals surface area (Å²) < 4.78 is 10.7. The van der Waals surface area contributed by atoms with Crippen LogP contribution in [-0.4, -0.2) is 31.1 Å². The maximum atomic E-state index is 12.4. The second kappa shape index (κ2) is 8.58. The van der Waals surface area contributed by atoms with E-state index in [1.807, 2.05) is 25.1 Å². The van der Waals surface area contributed by atoms with E-state index < -0.39 is 23.9 Å². The minimum Gasteiger partial charge on any atom is -0.468 e. The van der Waals surface area contributed by atoms with Gasteiger partial charge in [-0.1, -0.05) is 53.3 Å². The van der Waals surface area contributed by atoms with Gasteiger partial charge in [0.15, 0.2) is 11.0 Å². The Bertz CT molecular complexity index is 1000. The zero-order valence-corrected chi connectivity index (χ0v) is 17.1. The number of fused-ring (bicyclic) bond motifs is 1. The lowest BCUT2D eigenvalue weighted by molar-refractivity contribution is -0.159. The minimum atomic E-state index is -1.25. The summed E-state index contributed by atoms with van der Waals surface area (Å²) in [5, 5.41) is 4.18. The number of nitrogens with one attached hydrogen (secondary N) is 1. The fourth-order valence-electron chi connectivity index (χ4n) is 2.97. The molecule has 1 atom stereocenters. The Morgan fingerprint density at radius 2 is 1.75 bits per heavy atom. The number of methoxy groups -OCH3 is 2. The van der Waals surface area contributed by atoms with Gasteiger partial charge >= 0.3 is 11.9 Å². The number of para-hydroxylation sites is 1. The first-order chi connectivity index (χ1) is 13.5. The van der Waals surface area contributed by atoms with Gasteiger partial charge in [0.2, 0.25) is 0 Å². The predicted octanol–water partition coefficient (Wildman–Crippen LogP) is 4.37. The molecular weight excluding hydrogens is 400 g/mol. The third kappa shape index (κ3) is 3.95. The van der Waals surface area contributed by atoms with Gasteiger partial charge in [-0.25, -0.2) is 4.98 Å². The maximum absolute atomic E-state index is 12.4. The van der Waals surface area contributed by atoms with Crippen LogP contribution < -0.4 is 5.32 Å². The molecule has 0 bridgehead atoms. The quantitative estimate of drug-likeness (QED) is 0.473. The highest BCUT2D eigenvalue weighted by molar-refractivity contribution is 7.22. The number of benzene rings is 2. The van der Waals surface area contributed by atoms with E-state index >= 15 is 0 Å². The monoisotopic (exact) mass is 418 g/mol. The number of esters is 2. The summed E-state index contributed by atoms with van der Waals surface area (Å²) in [5.74, 6) is -2.69. The molecule has 0 aliphatic rings. The number of rotatable bonds is 6. The summed E-state index contributed by atoms with van der Waals surface area (Å²) in [6.07, 6.45) is 0. The van der Waals surface area contributed by atoms with Crippen molar-refractivity contribution in [2.75, 3.05) is 19.5 Å². The van der Waals surface area contributed by atoms with E-state index in [9.17, 15) is 9.59 Å². The van der Waals surface area contributed by atoms with Crippen LogP contribution in [-0.2, 0) is 19.1 Å². The Balaban J connectivity index is 2.09. The van der Waals surface area contributed by atoms with Crippen LogP contribution in [0.1, 0.15) is 17.2 Å². The second-order valence-electron chi connectivity index (χ2n) is 6.11. The van der Waals surface area contributed by atoms with Gasteiger partial charge in [-0.3, -0.25) is 9.59 Å². The first kappa shape index (κ1) is 20.1. The van der Waals surface area contributed by atoms with E-state index in [-0.39, 0.29) is 0 Å². The molecule has 146 valence electrons. The van der Waals surface area contributed by atoms with Crippen molar-refractivity contribution in [1.29, 1.82) is 0 Å². The van der Waals surface area contributed by atoms with Gasteiger partial charge in [0.25, 0.3) is 0 Å². The van der Waals surface area contributed by atoms with Crippen molar-refractivity contribution in [1.82, 2.24) is 4.98 Å². The highest BCUT2D eigenvalue weighted by Crippen LogP contribution is 2.36. The number of ether oxygens (including phenoxy) is 2. The van der Waals surface area contributed by atoms with Gasteiger partial charge in [-0.2, -0.15) is 0 Å². The van der Waals surface area contributed by atoms with E-state index in [2.05, 4.69) is 10.3 Å². The number of hydrogen-bond acceptors (Lipinski definition) is 7. The van der Waals surface area contributed by atoms with Crippen molar-refractivity contribution >= 4 is 50.2 Å². The molecule has 8 heteroatoms. The van der Waals surface area contributed by atoms with E-state index in [0.29, 0.717) is 15.7 Å². The largest absolute Gasteiger partial charge is 0.468 e. The third-order valence-electron chi connectivity index (χ3n) is 4.38. The molecule has 1 heterocycles. The number of halogens is 1. The van der Waals surface area contributed by atoms with Gasteiger partial charge in [0.1, 0.15) is 0 Å². The maximum Gasteiger partial charge on any atom is 0.322 e. The summed E-state index contributed by atoms with van der Waals surface area (Å²) >= 11 is 7.79. The fourth-order valence-corrected chi connectivity index (χ4v) is 4.21. The number of nitrogens with zero attached hydrogens (tertiary/aromatic N) is 1. The molecule has 1 unspecified atom stereocenters. The lowest BCUT2D eigenvalue weighted by Gasteiger charge is -2.25. The van der Waals surface area contributed by atoms with Crippen LogP contribution in [0.5, 0.6) is 0 Å². The van der Waals surface area contributed by atoms with Crippen molar-refractivity contribution in [3.05, 3.63) is 58.6 Å². The standard InChI is InChI=1S/C20H19ClN2O4S/c1-11-7-6-10-14-16(11)22-20(28-14)23-17(12-8-4-5-9-13(12)21)15(18(24)26-2)19(25)27-3/h4-10,15,17H,1-3H3,(H,22,23). The van der Waals surface area contributed by atoms with Crippen molar-refractivity contribution < 1.29 is 19.1 Å². The van der Waals surface area contributed by atoms with Crippen LogP contribution in [0, 0.1) is 12.8 Å². The highest BCUT2D eigenvalue weighted by atomic mass is 35.5. The molecule has 0 aliphatic heterocycles. The van der Waals surface area contributed by atoms with E-state index in [0.717, 1.165) is 15.8 Å². The Labute approximate surface area is 171 Å². The summed E-state index contributed by atoms with van der Waals surface area (Å²) in [5.41, 5.74) is 2.47. The molecule has 0 radical (unpaired) electrons. The number of aromatic nitrogens is 1. The summed E-state index contributed by atoms with van der Waals surface area (Å²) in [7, 11) is 2.45. The Kier molecular flexibility index (Phi) is 6.16. The third-order valence-corrected chi connectivity index (χ3v) is 5.68. The summed E-state index contributed by atoms with van der Waals surface area (Å²) in [6.45, 7) is 1.98. The van der Waals surface area contributed by atoms with Gasteiger partial charge in [0, 0.05) is 5.02 Å². The van der Waals surface area contributed by atoms with Crippen LogP contribution in [0.4, 0.5) is 5.13 Å². The number of hydrogen-bond donors (Lipinski definition) is 1. The van der Waals surface area contributed by atoms with E-state index in [1.165, 1.54) is 25.6 Å². The lowest BCUT2D eigenvalue weighted by atomic mass is 9.93. The normalized spacial score (nSPS) is 12.0. The van der Waals surface area contributed by atoms with Crippen LogP contribution in [0.2, 0.25) is 5.02 Å². The number of aryl methyl sites for hydroxylation is 1. The Hall–Kier alpha value is -2.64. The molecule has 1 N–H and O–H groups in total. The van der Waals surface area contributed by atoms with Crippen molar-refractivity contribution in [3.8, 4) is 0 Å². The number of thiazole rings is 1. The average molecular weight is 419 g/mol. The average Bonchev–Trinajstić information content (AvgIpc) is 3.11. The predicted molar refractivity (Wildman–Crippen MR) is 110 cm³/mol. The zero-order chi connectivity index (χ0) is 20.3. The molecule has 6 nitrogen and oxygen atoms in total. The topological polar surface area (TPSA) is 77.5 Å². The first-order valence-electron chi connectivity index (χ1n) is 8.49. The Morgan fingerprint density at radius 1 is 1.07 bits per heavy atom. The molecule has 0 aliphatic carbocycles. The van der Waals surface area contributed by atoms with E-state index in [1.54, 1.807) is 24.3 Å². The second-order valence-corrected chi connectivity index (χ2v) is 7.55. The summed E-state index contributed by atoms with van der Waals surface area (Å²) in [4.78, 5) is 29.5. The molecular formula is C20H19ClN2O4S. The summed E-state index contributed by atoms with van der Waals surface area (Å²) in [6, 6.07) is 12.1. The number of carbonyl (C=O) groups is 2. The SMILES string of the molecule is COC(=O)C(C(=O)OC)C(Nc1nc2c(C)cccc2s1)c1ccccc1Cl. The molecule has 0 amide bonds. The smallest absolute Gasteiger partial charge is 0.322 e. The van der Waals surface area contributed by atoms with Crippen LogP contribution in [0.25, 0.3) is 10.2 Å². The minimum absolute atomic E-state index is 0.412. The van der Waals surface area contributed by atoms with Crippen LogP contribution in [0.3, 0.4) is 0 Å². The van der Waals surface area contributed by atoms with Gasteiger partial charge < -0.3 is 14.8 Å². The number of anilines is 1. The van der Waals surface area contributed by atoms with Crippen molar-refractivity contribution in [3.63, 3.8) is 0 Å². The molecule has 0 spiro atoms. The lowest BCUT2D eigenvalue weighted by Crippen LogP contribution is -2.36. The molecule has 28 heavy (non-hydrogen) atoms. The molecule has 0 saturated heterocycles. The molecule has 2 aromatic carbocycles. The van der Waals surface area contributed by atoms with Gasteiger partial charge in [0.05, 0.1) is 30.5 Å². The molecule has 1 aromatic heterocycles. The highest BCUT2D eigenvalue weighted by Gasteiger charge is 2.39. The number of carbonyl (C=O) groups excluding carboxylic acids is 2. The zero-order valence-electron chi connectivity index (χ0n) is 15.6. The van der Waals surface area contributed by atoms with Gasteiger partial charge in [-0.15, -0.1) is 0 Å². The fraction of sp³-hybridized carbons (Fsp3) is 0.250.